The van der Waals surface area contributed by atoms with Gasteiger partial charge in [0.2, 0.25) is 0 Å². The molecular formula is C11H26N2O4. The van der Waals surface area contributed by atoms with Gasteiger partial charge >= 0.3 is 6.09 Å². The number of carbonyl (C=O) groups excluding carboxylic acids is 1. The summed E-state index contributed by atoms with van der Waals surface area (Å²) in [7, 11) is 3.29. The lowest BCUT2D eigenvalue weighted by Crippen LogP contribution is -2.35. The normalized spacial score (nSPS) is 12.2. The molecule has 0 radical (unpaired) electrons. The van der Waals surface area contributed by atoms with E-state index in [2.05, 4.69) is 5.32 Å². The molecule has 0 fully saturated rings. The van der Waals surface area contributed by atoms with Gasteiger partial charge in [0, 0.05) is 13.6 Å². The van der Waals surface area contributed by atoms with E-state index in [1.54, 1.807) is 41.8 Å². The van der Waals surface area contributed by atoms with Gasteiger partial charge in [0.15, 0.2) is 0 Å². The van der Waals surface area contributed by atoms with Crippen molar-refractivity contribution in [2.75, 3.05) is 27.2 Å². The van der Waals surface area contributed by atoms with Crippen molar-refractivity contribution in [3.05, 3.63) is 0 Å². The van der Waals surface area contributed by atoms with E-state index in [1.165, 1.54) is 4.90 Å². The van der Waals surface area contributed by atoms with Crippen LogP contribution in [0.2, 0.25) is 0 Å². The van der Waals surface area contributed by atoms with Crippen LogP contribution in [-0.4, -0.2) is 60.3 Å². The highest BCUT2D eigenvalue weighted by Gasteiger charge is 2.18. The molecule has 1 unspecified atom stereocenters. The summed E-state index contributed by atoms with van der Waals surface area (Å²) in [6.07, 6.45) is -0.772. The minimum Gasteiger partial charge on any atom is -0.444 e. The molecule has 0 aromatic heterocycles. The maximum Gasteiger partial charge on any atom is 0.410 e. The van der Waals surface area contributed by atoms with Crippen LogP contribution in [0.3, 0.4) is 0 Å². The number of hydrogen-bond donors (Lipinski definition) is 3. The second-order valence-corrected chi connectivity index (χ2v) is 4.59. The Balaban J connectivity index is 0. The summed E-state index contributed by atoms with van der Waals surface area (Å²) in [6, 6.07) is 0. The van der Waals surface area contributed by atoms with Gasteiger partial charge in [-0.25, -0.2) is 4.79 Å². The number of aliphatic hydroxyl groups excluding tert-OH is 2. The van der Waals surface area contributed by atoms with Gasteiger partial charge in [0.1, 0.15) is 11.8 Å². The Morgan fingerprint density at radius 2 is 1.88 bits per heavy atom. The fourth-order valence-corrected chi connectivity index (χ4v) is 0.581. The zero-order valence-corrected chi connectivity index (χ0v) is 11.6. The molecule has 0 aliphatic rings. The van der Waals surface area contributed by atoms with Crippen LogP contribution >= 0.6 is 0 Å². The second-order valence-electron chi connectivity index (χ2n) is 4.59. The van der Waals surface area contributed by atoms with E-state index in [1.807, 2.05) is 0 Å². The van der Waals surface area contributed by atoms with E-state index in [4.69, 9.17) is 14.9 Å². The molecule has 0 heterocycles. The molecule has 0 aliphatic carbocycles. The molecule has 0 aliphatic heterocycles. The molecule has 3 N–H and O–H groups in total. The van der Waals surface area contributed by atoms with Crippen LogP contribution in [0.1, 0.15) is 27.7 Å². The average Bonchev–Trinajstić information content (AvgIpc) is 2.16. The lowest BCUT2D eigenvalue weighted by atomic mass is 10.2. The Morgan fingerprint density at radius 3 is 2.12 bits per heavy atom. The Kier molecular flexibility index (Phi) is 10.0. The summed E-state index contributed by atoms with van der Waals surface area (Å²) in [6.45, 7) is 7.33. The van der Waals surface area contributed by atoms with Crippen molar-refractivity contribution < 1.29 is 19.7 Å². The van der Waals surface area contributed by atoms with E-state index >= 15 is 0 Å². The maximum absolute atomic E-state index is 11.1. The molecule has 0 bridgehead atoms. The standard InChI is InChI=1S/C8H17NO3.C3H9NO/c1-8(2,3)12-7(11)9(4)5-6-10;1-3(5)4-2/h10H,5-6H2,1-4H3;3-5H,1-2H3. The minimum absolute atomic E-state index is 0.0459. The van der Waals surface area contributed by atoms with Gasteiger partial charge in [-0.1, -0.05) is 0 Å². The molecule has 17 heavy (non-hydrogen) atoms. The van der Waals surface area contributed by atoms with E-state index in [0.717, 1.165) is 0 Å². The predicted octanol–water partition coefficient (Wildman–Crippen LogP) is 0.390. The van der Waals surface area contributed by atoms with Crippen LogP contribution in [0.4, 0.5) is 4.79 Å². The number of rotatable bonds is 3. The first-order valence-corrected chi connectivity index (χ1v) is 5.54. The van der Waals surface area contributed by atoms with Crippen molar-refractivity contribution >= 4 is 6.09 Å². The number of nitrogens with zero attached hydrogens (tertiary/aromatic N) is 1. The van der Waals surface area contributed by atoms with Crippen molar-refractivity contribution in [2.45, 2.75) is 39.5 Å². The molecule has 0 saturated carbocycles. The van der Waals surface area contributed by atoms with Crippen molar-refractivity contribution in [3.63, 3.8) is 0 Å². The Hall–Kier alpha value is -0.850. The van der Waals surface area contributed by atoms with E-state index in [9.17, 15) is 4.79 Å². The summed E-state index contributed by atoms with van der Waals surface area (Å²) in [4.78, 5) is 12.5. The molecule has 0 aromatic carbocycles. The molecule has 0 spiro atoms. The van der Waals surface area contributed by atoms with Crippen LogP contribution in [0, 0.1) is 0 Å². The molecule has 6 nitrogen and oxygen atoms in total. The summed E-state index contributed by atoms with van der Waals surface area (Å²) >= 11 is 0. The monoisotopic (exact) mass is 250 g/mol. The van der Waals surface area contributed by atoms with Gasteiger partial charge in [0.25, 0.3) is 0 Å². The van der Waals surface area contributed by atoms with Crippen LogP contribution in [0.5, 0.6) is 0 Å². The molecule has 0 rings (SSSR count). The number of likely N-dealkylation sites (N-methyl/N-ethyl adjacent to an activating group) is 1. The number of carbonyl (C=O) groups is 1. The lowest BCUT2D eigenvalue weighted by molar-refractivity contribution is 0.0272. The van der Waals surface area contributed by atoms with E-state index in [0.29, 0.717) is 6.54 Å². The Labute approximate surface area is 104 Å². The highest BCUT2D eigenvalue weighted by molar-refractivity contribution is 5.67. The molecule has 0 aromatic rings. The molecule has 104 valence electrons. The van der Waals surface area contributed by atoms with Gasteiger partial charge < -0.3 is 19.8 Å². The molecule has 1 amide bonds. The molecule has 0 saturated heterocycles. The first-order valence-electron chi connectivity index (χ1n) is 5.54. The maximum atomic E-state index is 11.1. The highest BCUT2D eigenvalue weighted by atomic mass is 16.6. The number of aliphatic hydroxyl groups is 2. The summed E-state index contributed by atoms with van der Waals surface area (Å²) < 4.78 is 5.03. The van der Waals surface area contributed by atoms with Crippen LogP contribution < -0.4 is 5.32 Å². The summed E-state index contributed by atoms with van der Waals surface area (Å²) in [5.74, 6) is 0. The average molecular weight is 250 g/mol. The van der Waals surface area contributed by atoms with Crippen LogP contribution in [0.15, 0.2) is 0 Å². The lowest BCUT2D eigenvalue weighted by Gasteiger charge is -2.24. The van der Waals surface area contributed by atoms with Gasteiger partial charge in [0.05, 0.1) is 6.61 Å². The molecule has 6 heteroatoms. The van der Waals surface area contributed by atoms with Gasteiger partial charge in [-0.3, -0.25) is 5.32 Å². The molecule has 1 atom stereocenters. The predicted molar refractivity (Wildman–Crippen MR) is 66.7 cm³/mol. The van der Waals surface area contributed by atoms with Crippen molar-refractivity contribution in [3.8, 4) is 0 Å². The van der Waals surface area contributed by atoms with E-state index < -0.39 is 11.7 Å². The van der Waals surface area contributed by atoms with Crippen molar-refractivity contribution in [2.24, 2.45) is 0 Å². The quantitative estimate of drug-likeness (QED) is 0.631. The third kappa shape index (κ3) is 15.1. The van der Waals surface area contributed by atoms with Crippen LogP contribution in [-0.2, 0) is 4.74 Å². The third-order valence-electron chi connectivity index (χ3n) is 1.56. The largest absolute Gasteiger partial charge is 0.444 e. The Morgan fingerprint density at radius 1 is 1.47 bits per heavy atom. The fraction of sp³-hybridized carbons (Fsp3) is 0.909. The summed E-state index contributed by atoms with van der Waals surface area (Å²) in [5.41, 5.74) is -0.471. The fourth-order valence-electron chi connectivity index (χ4n) is 0.581. The SMILES string of the molecule is CN(CCO)C(=O)OC(C)(C)C.CNC(C)O. The number of amides is 1. The third-order valence-corrected chi connectivity index (χ3v) is 1.56. The van der Waals surface area contributed by atoms with Gasteiger partial charge in [-0.2, -0.15) is 0 Å². The first kappa shape index (κ1) is 18.5. The second kappa shape index (κ2) is 9.21. The van der Waals surface area contributed by atoms with E-state index in [-0.39, 0.29) is 12.8 Å². The number of hydrogen-bond acceptors (Lipinski definition) is 5. The zero-order valence-electron chi connectivity index (χ0n) is 11.6. The van der Waals surface area contributed by atoms with Crippen molar-refractivity contribution in [1.82, 2.24) is 10.2 Å². The number of ether oxygens (including phenoxy) is 1. The Bertz CT molecular complexity index is 202. The minimum atomic E-state index is -0.471. The first-order chi connectivity index (χ1) is 7.64. The van der Waals surface area contributed by atoms with Crippen molar-refractivity contribution in [1.29, 1.82) is 0 Å². The molecular weight excluding hydrogens is 224 g/mol. The van der Waals surface area contributed by atoms with Gasteiger partial charge in [-0.05, 0) is 34.7 Å². The smallest absolute Gasteiger partial charge is 0.410 e. The van der Waals surface area contributed by atoms with Crippen LogP contribution in [0.25, 0.3) is 0 Å². The zero-order chi connectivity index (χ0) is 14.1. The number of nitrogens with one attached hydrogen (secondary N) is 1. The van der Waals surface area contributed by atoms with Gasteiger partial charge in [-0.15, -0.1) is 0 Å². The summed E-state index contributed by atoms with van der Waals surface area (Å²) in [5, 5.41) is 19.4. The topological polar surface area (TPSA) is 82.0 Å². The highest BCUT2D eigenvalue weighted by Crippen LogP contribution is 2.08.